The molecule has 286 valence electrons. The third-order valence-corrected chi connectivity index (χ3v) is 12.1. The molecule has 1 spiro atoms. The summed E-state index contributed by atoms with van der Waals surface area (Å²) in [7, 11) is 2.88. The predicted molar refractivity (Wildman–Crippen MR) is 187 cm³/mol. The lowest BCUT2D eigenvalue weighted by Crippen LogP contribution is -3.12. The molecule has 0 radical (unpaired) electrons. The fourth-order valence-corrected chi connectivity index (χ4v) is 10.0. The number of hydrogen-bond donors (Lipinski definition) is 6. The van der Waals surface area contributed by atoms with Gasteiger partial charge in [0.05, 0.1) is 44.0 Å². The number of rotatable bonds is 3. The molecule has 2 saturated heterocycles. The van der Waals surface area contributed by atoms with Gasteiger partial charge in [0.15, 0.2) is 40.0 Å². The largest absolute Gasteiger partial charge is 0.634 e. The first kappa shape index (κ1) is 34.9. The molecule has 0 amide bonds. The van der Waals surface area contributed by atoms with E-state index < -0.39 is 65.5 Å². The first-order valence-corrected chi connectivity index (χ1v) is 18.0. The maximum atomic E-state index is 15.7. The molecule has 0 aromatic heterocycles. The summed E-state index contributed by atoms with van der Waals surface area (Å²) >= 11 is 0. The van der Waals surface area contributed by atoms with E-state index >= 15 is 5.21 Å². The van der Waals surface area contributed by atoms with Gasteiger partial charge in [-0.3, -0.25) is 15.0 Å². The minimum atomic E-state index is -1.70. The maximum absolute atomic E-state index is 15.7. The van der Waals surface area contributed by atoms with Crippen LogP contribution in [-0.4, -0.2) is 91.2 Å². The molecule has 6 N–H and O–H groups in total. The van der Waals surface area contributed by atoms with E-state index in [2.05, 4.69) is 10.6 Å². The summed E-state index contributed by atoms with van der Waals surface area (Å²) in [6.45, 7) is 4.24. The van der Waals surface area contributed by atoms with Gasteiger partial charge in [0.25, 0.3) is 0 Å². The number of nitrogens with one attached hydrogen (secondary N) is 3. The van der Waals surface area contributed by atoms with Crippen molar-refractivity contribution in [1.82, 2.24) is 15.5 Å². The summed E-state index contributed by atoms with van der Waals surface area (Å²) in [4.78, 5) is 29.3. The van der Waals surface area contributed by atoms with Gasteiger partial charge in [0.2, 0.25) is 6.79 Å². The fourth-order valence-electron chi connectivity index (χ4n) is 10.0. The number of ether oxygens (including phenoxy) is 6. The number of aliphatic hydroxyl groups is 1. The lowest BCUT2D eigenvalue weighted by molar-refractivity contribution is -0.890. The number of phenols is 2. The monoisotopic (exact) mass is 746 g/mol. The zero-order valence-corrected chi connectivity index (χ0v) is 30.4. The first-order valence-electron chi connectivity index (χ1n) is 18.0. The molecule has 7 aliphatic heterocycles. The van der Waals surface area contributed by atoms with E-state index in [1.165, 1.54) is 27.2 Å². The van der Waals surface area contributed by atoms with Crippen LogP contribution in [0, 0.1) is 19.1 Å². The molecular formula is C38H42N4O12. The number of esters is 2. The number of nitrogens with zero attached hydrogens (tertiary/aromatic N) is 1. The van der Waals surface area contributed by atoms with E-state index in [4.69, 9.17) is 28.4 Å². The second kappa shape index (κ2) is 12.3. The average Bonchev–Trinajstić information content (AvgIpc) is 3.63. The molecular weight excluding hydrogens is 704 g/mol. The van der Waals surface area contributed by atoms with Gasteiger partial charge < -0.3 is 59.3 Å². The fraction of sp³-hybridized carbons (Fsp3) is 0.474. The topological polar surface area (TPSA) is 205 Å². The van der Waals surface area contributed by atoms with Crippen LogP contribution in [0.15, 0.2) is 18.2 Å². The molecule has 1 unspecified atom stereocenters. The van der Waals surface area contributed by atoms with Gasteiger partial charge in [-0.2, -0.15) is 0 Å². The Kier molecular flexibility index (Phi) is 7.98. The number of aromatic hydroxyl groups is 2. The number of carbonyl (C=O) groups is 2. The summed E-state index contributed by atoms with van der Waals surface area (Å²) < 4.78 is 35.4. The van der Waals surface area contributed by atoms with Gasteiger partial charge in [-0.05, 0) is 61.1 Å². The number of quaternary nitrogens is 1. The Morgan fingerprint density at radius 3 is 2.56 bits per heavy atom. The lowest BCUT2D eigenvalue weighted by Gasteiger charge is -2.60. The Labute approximate surface area is 310 Å². The zero-order valence-electron chi connectivity index (χ0n) is 30.4. The van der Waals surface area contributed by atoms with Gasteiger partial charge >= 0.3 is 11.9 Å². The summed E-state index contributed by atoms with van der Waals surface area (Å²) in [5.74, 6) is -0.374. The Balaban J connectivity index is 1.33. The highest BCUT2D eigenvalue weighted by atomic mass is 16.7. The van der Waals surface area contributed by atoms with Crippen molar-refractivity contribution >= 4 is 11.9 Å². The van der Waals surface area contributed by atoms with Crippen molar-refractivity contribution in [2.75, 3.05) is 40.7 Å². The van der Waals surface area contributed by atoms with E-state index in [1.54, 1.807) is 17.9 Å². The van der Waals surface area contributed by atoms with Crippen molar-refractivity contribution in [3.8, 4) is 40.2 Å². The van der Waals surface area contributed by atoms with Crippen molar-refractivity contribution in [3.63, 3.8) is 0 Å². The Morgan fingerprint density at radius 1 is 1.04 bits per heavy atom. The molecule has 54 heavy (non-hydrogen) atoms. The van der Waals surface area contributed by atoms with Crippen molar-refractivity contribution in [2.24, 2.45) is 0 Å². The third-order valence-electron chi connectivity index (χ3n) is 12.1. The molecule has 3 aromatic rings. The van der Waals surface area contributed by atoms with Gasteiger partial charge in [0.1, 0.15) is 31.2 Å². The molecule has 8 atom stereocenters. The number of methoxy groups -OCH3 is 2. The summed E-state index contributed by atoms with van der Waals surface area (Å²) in [6.07, 6.45) is -0.408. The molecule has 4 bridgehead atoms. The number of fused-ring (bicyclic) bond motifs is 9. The Hall–Kier alpha value is -4.84. The smallest absolute Gasteiger partial charge is 0.337 e. The minimum absolute atomic E-state index is 0.0832. The van der Waals surface area contributed by atoms with Crippen molar-refractivity contribution in [3.05, 3.63) is 67.9 Å². The first-order chi connectivity index (χ1) is 25.9. The van der Waals surface area contributed by atoms with Crippen LogP contribution in [0.25, 0.3) is 0 Å². The van der Waals surface area contributed by atoms with Crippen LogP contribution in [0.2, 0.25) is 0 Å². The number of aliphatic hydroxyl groups excluding tert-OH is 1. The molecule has 7 heterocycles. The van der Waals surface area contributed by atoms with E-state index in [1.807, 2.05) is 13.0 Å². The van der Waals surface area contributed by atoms with Crippen LogP contribution >= 0.6 is 0 Å². The summed E-state index contributed by atoms with van der Waals surface area (Å²) in [5.41, 5.74) is 2.62. The normalized spacial score (nSPS) is 30.4. The van der Waals surface area contributed by atoms with Crippen LogP contribution in [0.1, 0.15) is 69.6 Å². The highest BCUT2D eigenvalue weighted by Gasteiger charge is 2.62. The van der Waals surface area contributed by atoms with Crippen molar-refractivity contribution in [1.29, 1.82) is 0 Å². The standard InChI is InChI=1S/C38H42N4O12/c1-15-8-19-9-21-36(46)42-22-12-51-37(47)38(20-11-24(49-4)23(44)10-18(20)6-7-39-38)13-41(48)29(30(42)28(40-21)25(19)31(45)32(15)50-5)27-26(22)35-34(52-14-53-35)16(2)33(27)54-17(3)43/h8,10-11,21-22,28-30,36,39-41,44-46H,6-7,9,12-14H2,1-5H3/t21-,22-,28+,29-,30+,36-,38+/m0/s1. The molecule has 16 nitrogen and oxygen atoms in total. The van der Waals surface area contributed by atoms with E-state index in [0.717, 1.165) is 5.56 Å². The number of aryl methyl sites for hydroxylation is 1. The molecule has 0 saturated carbocycles. The van der Waals surface area contributed by atoms with E-state index in [0.29, 0.717) is 69.8 Å². The number of hydroxylamine groups is 2. The summed E-state index contributed by atoms with van der Waals surface area (Å²) in [5, 5.41) is 57.0. The van der Waals surface area contributed by atoms with Gasteiger partial charge in [0, 0.05) is 30.2 Å². The molecule has 0 aliphatic carbocycles. The highest BCUT2D eigenvalue weighted by Crippen LogP contribution is 2.59. The van der Waals surface area contributed by atoms with Crippen LogP contribution in [0.5, 0.6) is 40.2 Å². The van der Waals surface area contributed by atoms with Crippen LogP contribution in [0.4, 0.5) is 0 Å². The average molecular weight is 747 g/mol. The van der Waals surface area contributed by atoms with Gasteiger partial charge in [-0.15, -0.1) is 0 Å². The highest BCUT2D eigenvalue weighted by molar-refractivity contribution is 5.85. The van der Waals surface area contributed by atoms with Gasteiger partial charge in [-0.25, -0.2) is 4.79 Å². The van der Waals surface area contributed by atoms with Crippen LogP contribution < -0.4 is 39.4 Å². The van der Waals surface area contributed by atoms with Gasteiger partial charge in [-0.1, -0.05) is 6.07 Å². The Bertz CT molecular complexity index is 2130. The van der Waals surface area contributed by atoms with E-state index in [9.17, 15) is 24.9 Å². The lowest BCUT2D eigenvalue weighted by atomic mass is 9.71. The Morgan fingerprint density at radius 2 is 1.81 bits per heavy atom. The SMILES string of the molecule is COc1cc2c(cc1O)CCN[C@]21C[NH+]([O-])[C@H]2c3c(OC(C)=O)c(C)c4c(c3[C@H](COC1=O)N1[C@@H]2[C@@H]2N[C@@H](Cc3cc(C)c(OC)c(O)c32)[C@@H]1O)OCO4. The van der Waals surface area contributed by atoms with Crippen molar-refractivity contribution < 1.29 is 58.4 Å². The zero-order chi connectivity index (χ0) is 38.0. The minimum Gasteiger partial charge on any atom is -0.634 e. The molecule has 2 fully saturated rings. The number of piperazine rings is 1. The predicted octanol–water partition coefficient (Wildman–Crippen LogP) is 0.721. The van der Waals surface area contributed by atoms with Crippen molar-refractivity contribution in [2.45, 2.75) is 75.6 Å². The van der Waals surface area contributed by atoms with E-state index in [-0.39, 0.29) is 42.1 Å². The number of phenolic OH excluding ortho intramolecular Hbond substituents is 2. The third kappa shape index (κ3) is 4.70. The second-order valence-electron chi connectivity index (χ2n) is 14.9. The number of benzene rings is 3. The molecule has 16 heteroatoms. The molecule has 7 aliphatic rings. The quantitative estimate of drug-likeness (QED) is 0.124. The number of carbonyl (C=O) groups excluding carboxylic acids is 2. The maximum Gasteiger partial charge on any atom is 0.337 e. The van der Waals surface area contributed by atoms with Crippen LogP contribution in [0.3, 0.4) is 0 Å². The molecule has 10 rings (SSSR count). The number of hydrogen-bond acceptors (Lipinski definition) is 15. The molecule has 3 aromatic carbocycles. The van der Waals surface area contributed by atoms with Crippen LogP contribution in [-0.2, 0) is 32.7 Å². The second-order valence-corrected chi connectivity index (χ2v) is 14.9. The summed E-state index contributed by atoms with van der Waals surface area (Å²) in [6, 6.07) is 0.686.